The van der Waals surface area contributed by atoms with Crippen LogP contribution >= 0.6 is 12.4 Å². The molecule has 7 heteroatoms. The number of nitrogens with zero attached hydrogens (tertiary/aromatic N) is 2. The van der Waals surface area contributed by atoms with Crippen molar-refractivity contribution in [1.29, 1.82) is 0 Å². The number of hydrogen-bond acceptors (Lipinski definition) is 4. The molecule has 22 heavy (non-hydrogen) atoms. The van der Waals surface area contributed by atoms with Crippen molar-refractivity contribution >= 4 is 24.1 Å². The molecule has 1 aliphatic heterocycles. The van der Waals surface area contributed by atoms with Gasteiger partial charge in [-0.15, -0.1) is 12.4 Å². The van der Waals surface area contributed by atoms with Gasteiger partial charge in [-0.05, 0) is 37.8 Å². The minimum atomic E-state index is 0. The predicted octanol–water partition coefficient (Wildman–Crippen LogP) is 1.92. The van der Waals surface area contributed by atoms with Crippen LogP contribution in [-0.4, -0.2) is 42.5 Å². The zero-order chi connectivity index (χ0) is 15.1. The summed E-state index contributed by atoms with van der Waals surface area (Å²) in [5.74, 6) is 1.66. The van der Waals surface area contributed by atoms with E-state index < -0.39 is 0 Å². The Morgan fingerprint density at radius 1 is 1.64 bits per heavy atom. The number of nitrogens with one attached hydrogen (secondary N) is 2. The fraction of sp³-hybridized carbons (Fsp3) is 0.733. The summed E-state index contributed by atoms with van der Waals surface area (Å²) in [6, 6.07) is 1.82. The number of hydrogen-bond donors (Lipinski definition) is 2. The van der Waals surface area contributed by atoms with Crippen molar-refractivity contribution in [2.24, 2.45) is 11.8 Å². The highest BCUT2D eigenvalue weighted by Gasteiger charge is 2.22. The molecule has 0 aliphatic carbocycles. The SMILES string of the molecule is COCCn1ccc(NC(=O)CC(C)C2CCCNC2)n1.Cl. The first-order valence-corrected chi connectivity index (χ1v) is 7.72. The summed E-state index contributed by atoms with van der Waals surface area (Å²) in [5.41, 5.74) is 0. The van der Waals surface area contributed by atoms with Gasteiger partial charge in [0, 0.05) is 25.8 Å². The molecular weight excluding hydrogens is 304 g/mol. The third kappa shape index (κ3) is 5.94. The number of ether oxygens (including phenoxy) is 1. The number of rotatable bonds is 7. The smallest absolute Gasteiger partial charge is 0.225 e. The molecule has 0 spiro atoms. The second-order valence-electron chi connectivity index (χ2n) is 5.79. The van der Waals surface area contributed by atoms with Gasteiger partial charge in [-0.1, -0.05) is 6.92 Å². The van der Waals surface area contributed by atoms with Gasteiger partial charge in [-0.3, -0.25) is 9.48 Å². The van der Waals surface area contributed by atoms with Crippen molar-refractivity contribution in [3.63, 3.8) is 0 Å². The van der Waals surface area contributed by atoms with E-state index in [0.717, 1.165) is 13.1 Å². The Kier molecular flexibility index (Phi) is 8.45. The number of aromatic nitrogens is 2. The summed E-state index contributed by atoms with van der Waals surface area (Å²) in [6.07, 6.45) is 4.83. The van der Waals surface area contributed by atoms with Crippen LogP contribution in [0.4, 0.5) is 5.82 Å². The van der Waals surface area contributed by atoms with Crippen molar-refractivity contribution in [1.82, 2.24) is 15.1 Å². The normalized spacial score (nSPS) is 19.3. The molecule has 2 N–H and O–H groups in total. The van der Waals surface area contributed by atoms with Crippen molar-refractivity contribution in [2.45, 2.75) is 32.7 Å². The topological polar surface area (TPSA) is 68.2 Å². The van der Waals surface area contributed by atoms with Gasteiger partial charge in [0.1, 0.15) is 0 Å². The first-order valence-electron chi connectivity index (χ1n) is 7.72. The van der Waals surface area contributed by atoms with Crippen LogP contribution in [0.5, 0.6) is 0 Å². The number of piperidine rings is 1. The maximum absolute atomic E-state index is 12.1. The second kappa shape index (κ2) is 9.82. The zero-order valence-corrected chi connectivity index (χ0v) is 14.2. The standard InChI is InChI=1S/C15H26N4O2.ClH/c1-12(13-4-3-6-16-11-13)10-15(20)17-14-5-7-19(18-14)8-9-21-2;/h5,7,12-13,16H,3-4,6,8-11H2,1-2H3,(H,17,18,20);1H. The molecule has 1 amide bonds. The van der Waals surface area contributed by atoms with Crippen molar-refractivity contribution in [2.75, 3.05) is 32.1 Å². The van der Waals surface area contributed by atoms with E-state index >= 15 is 0 Å². The van der Waals surface area contributed by atoms with Crippen LogP contribution in [0.2, 0.25) is 0 Å². The van der Waals surface area contributed by atoms with Crippen LogP contribution in [-0.2, 0) is 16.1 Å². The lowest BCUT2D eigenvalue weighted by molar-refractivity contribution is -0.117. The number of amides is 1. The fourth-order valence-electron chi connectivity index (χ4n) is 2.76. The summed E-state index contributed by atoms with van der Waals surface area (Å²) in [7, 11) is 1.66. The first-order chi connectivity index (χ1) is 10.2. The van der Waals surface area contributed by atoms with Crippen LogP contribution in [0.25, 0.3) is 0 Å². The molecule has 1 aromatic heterocycles. The molecule has 2 atom stereocenters. The third-order valence-electron chi connectivity index (χ3n) is 4.08. The van der Waals surface area contributed by atoms with Gasteiger partial charge < -0.3 is 15.4 Å². The predicted molar refractivity (Wildman–Crippen MR) is 89.4 cm³/mol. The molecule has 0 bridgehead atoms. The van der Waals surface area contributed by atoms with Crippen LogP contribution < -0.4 is 10.6 Å². The minimum absolute atomic E-state index is 0. The Bertz CT molecular complexity index is 447. The molecule has 1 fully saturated rings. The van der Waals surface area contributed by atoms with Gasteiger partial charge in [0.25, 0.3) is 0 Å². The third-order valence-corrected chi connectivity index (χ3v) is 4.08. The average Bonchev–Trinajstić information content (AvgIpc) is 2.93. The molecule has 1 saturated heterocycles. The van der Waals surface area contributed by atoms with E-state index in [9.17, 15) is 4.79 Å². The van der Waals surface area contributed by atoms with Gasteiger partial charge >= 0.3 is 0 Å². The lowest BCUT2D eigenvalue weighted by Crippen LogP contribution is -2.34. The number of anilines is 1. The Morgan fingerprint density at radius 2 is 2.45 bits per heavy atom. The first kappa shape index (κ1) is 18.9. The van der Waals surface area contributed by atoms with Crippen molar-refractivity contribution in [3.05, 3.63) is 12.3 Å². The molecule has 2 rings (SSSR count). The molecule has 1 aromatic rings. The molecule has 0 aromatic carbocycles. The van der Waals surface area contributed by atoms with Crippen LogP contribution in [0.15, 0.2) is 12.3 Å². The van der Waals surface area contributed by atoms with Crippen molar-refractivity contribution in [3.8, 4) is 0 Å². The fourth-order valence-corrected chi connectivity index (χ4v) is 2.76. The highest BCUT2D eigenvalue weighted by molar-refractivity contribution is 5.89. The highest BCUT2D eigenvalue weighted by Crippen LogP contribution is 2.22. The zero-order valence-electron chi connectivity index (χ0n) is 13.4. The highest BCUT2D eigenvalue weighted by atomic mass is 35.5. The Hall–Kier alpha value is -1.11. The molecule has 0 saturated carbocycles. The Labute approximate surface area is 138 Å². The largest absolute Gasteiger partial charge is 0.383 e. The lowest BCUT2D eigenvalue weighted by atomic mass is 9.85. The number of methoxy groups -OCH3 is 1. The molecule has 2 heterocycles. The van der Waals surface area contributed by atoms with Crippen LogP contribution in [0.1, 0.15) is 26.2 Å². The van der Waals surface area contributed by atoms with Gasteiger partial charge in [-0.2, -0.15) is 5.10 Å². The molecular formula is C15H27ClN4O2. The van der Waals surface area contributed by atoms with E-state index in [1.165, 1.54) is 12.8 Å². The minimum Gasteiger partial charge on any atom is -0.383 e. The number of halogens is 1. The van der Waals surface area contributed by atoms with Gasteiger partial charge in [0.2, 0.25) is 5.91 Å². The van der Waals surface area contributed by atoms with E-state index in [1.807, 2.05) is 12.3 Å². The van der Waals surface area contributed by atoms with E-state index in [-0.39, 0.29) is 18.3 Å². The van der Waals surface area contributed by atoms with Gasteiger partial charge in [0.05, 0.1) is 13.2 Å². The summed E-state index contributed by atoms with van der Waals surface area (Å²) in [5, 5.41) is 10.6. The summed E-state index contributed by atoms with van der Waals surface area (Å²) in [6.45, 7) is 5.60. The summed E-state index contributed by atoms with van der Waals surface area (Å²) in [4.78, 5) is 12.1. The number of carbonyl (C=O) groups is 1. The van der Waals surface area contributed by atoms with Crippen LogP contribution in [0.3, 0.4) is 0 Å². The van der Waals surface area contributed by atoms with E-state index in [0.29, 0.717) is 37.2 Å². The molecule has 6 nitrogen and oxygen atoms in total. The quantitative estimate of drug-likeness (QED) is 0.801. The number of carbonyl (C=O) groups excluding carboxylic acids is 1. The maximum atomic E-state index is 12.1. The summed E-state index contributed by atoms with van der Waals surface area (Å²) >= 11 is 0. The van der Waals surface area contributed by atoms with E-state index in [2.05, 4.69) is 22.7 Å². The molecule has 0 radical (unpaired) electrons. The van der Waals surface area contributed by atoms with E-state index in [4.69, 9.17) is 4.74 Å². The Balaban J connectivity index is 0.00000242. The second-order valence-corrected chi connectivity index (χ2v) is 5.79. The summed E-state index contributed by atoms with van der Waals surface area (Å²) < 4.78 is 6.77. The van der Waals surface area contributed by atoms with Gasteiger partial charge in [0.15, 0.2) is 5.82 Å². The van der Waals surface area contributed by atoms with Crippen LogP contribution in [0, 0.1) is 11.8 Å². The molecule has 1 aliphatic rings. The Morgan fingerprint density at radius 3 is 3.14 bits per heavy atom. The monoisotopic (exact) mass is 330 g/mol. The maximum Gasteiger partial charge on any atom is 0.225 e. The average molecular weight is 331 g/mol. The van der Waals surface area contributed by atoms with E-state index in [1.54, 1.807) is 11.8 Å². The lowest BCUT2D eigenvalue weighted by Gasteiger charge is -2.27. The van der Waals surface area contributed by atoms with Gasteiger partial charge in [-0.25, -0.2) is 0 Å². The molecule has 126 valence electrons. The van der Waals surface area contributed by atoms with Crippen molar-refractivity contribution < 1.29 is 9.53 Å². The molecule has 2 unspecified atom stereocenters.